The van der Waals surface area contributed by atoms with Crippen molar-refractivity contribution >= 4 is 23.4 Å². The highest BCUT2D eigenvalue weighted by Gasteiger charge is 2.13. The predicted octanol–water partition coefficient (Wildman–Crippen LogP) is 4.58. The molecule has 0 aliphatic heterocycles. The van der Waals surface area contributed by atoms with E-state index in [-0.39, 0.29) is 0 Å². The first-order chi connectivity index (χ1) is 9.72. The highest BCUT2D eigenvalue weighted by atomic mass is 35.5. The largest absolute Gasteiger partial charge is 0.469 e. The highest BCUT2D eigenvalue weighted by molar-refractivity contribution is 7.98. The molecule has 3 aromatic rings. The molecule has 0 fully saturated rings. The lowest BCUT2D eigenvalue weighted by Gasteiger charge is -1.97. The lowest BCUT2D eigenvalue weighted by molar-refractivity contribution is 0.463. The van der Waals surface area contributed by atoms with Crippen LogP contribution >= 0.6 is 23.4 Å². The average Bonchev–Trinajstić information content (AvgIpc) is 3.06. The summed E-state index contributed by atoms with van der Waals surface area (Å²) in [4.78, 5) is 0. The molecule has 0 aliphatic rings. The number of hydrogen-bond acceptors (Lipinski definition) is 5. The number of rotatable bonds is 4. The zero-order valence-corrected chi connectivity index (χ0v) is 12.2. The van der Waals surface area contributed by atoms with E-state index in [4.69, 9.17) is 20.4 Å². The summed E-state index contributed by atoms with van der Waals surface area (Å²) >= 11 is 7.34. The fourth-order valence-electron chi connectivity index (χ4n) is 1.71. The van der Waals surface area contributed by atoms with Crippen LogP contribution in [0.25, 0.3) is 11.5 Å². The normalized spacial score (nSPS) is 10.9. The maximum Gasteiger partial charge on any atom is 0.277 e. The van der Waals surface area contributed by atoms with Gasteiger partial charge in [0.1, 0.15) is 5.76 Å². The number of nitrogens with zero attached hydrogens (tertiary/aromatic N) is 2. The van der Waals surface area contributed by atoms with Crippen LogP contribution in [-0.4, -0.2) is 10.2 Å². The smallest absolute Gasteiger partial charge is 0.277 e. The molecule has 0 atom stereocenters. The molecule has 1 aromatic carbocycles. The molecule has 0 N–H and O–H groups in total. The van der Waals surface area contributed by atoms with E-state index < -0.39 is 0 Å². The fourth-order valence-corrected chi connectivity index (χ4v) is 2.55. The molecule has 4 nitrogen and oxygen atoms in total. The quantitative estimate of drug-likeness (QED) is 0.660. The number of thioether (sulfide) groups is 1. The van der Waals surface area contributed by atoms with Crippen molar-refractivity contribution in [2.75, 3.05) is 0 Å². The summed E-state index contributed by atoms with van der Waals surface area (Å²) in [5.41, 5.74) is 1.98. The van der Waals surface area contributed by atoms with Crippen LogP contribution in [0.3, 0.4) is 0 Å². The second-order valence-electron chi connectivity index (χ2n) is 4.18. The third-order valence-electron chi connectivity index (χ3n) is 2.77. The molecule has 0 radical (unpaired) electrons. The molecule has 0 unspecified atom stereocenters. The third-order valence-corrected chi connectivity index (χ3v) is 3.91. The van der Waals surface area contributed by atoms with Gasteiger partial charge in [-0.2, -0.15) is 0 Å². The molecule has 2 aromatic heterocycles. The van der Waals surface area contributed by atoms with Gasteiger partial charge in [0.25, 0.3) is 11.1 Å². The molecule has 20 heavy (non-hydrogen) atoms. The van der Waals surface area contributed by atoms with E-state index in [0.29, 0.717) is 11.1 Å². The van der Waals surface area contributed by atoms with Crippen molar-refractivity contribution in [3.05, 3.63) is 52.9 Å². The van der Waals surface area contributed by atoms with Gasteiger partial charge in [0.2, 0.25) is 0 Å². The number of aryl methyl sites for hydroxylation is 1. The zero-order valence-electron chi connectivity index (χ0n) is 10.7. The molecule has 0 bridgehead atoms. The van der Waals surface area contributed by atoms with E-state index >= 15 is 0 Å². The van der Waals surface area contributed by atoms with Gasteiger partial charge in [0.15, 0.2) is 0 Å². The van der Waals surface area contributed by atoms with Gasteiger partial charge in [0.05, 0.1) is 11.8 Å². The van der Waals surface area contributed by atoms with E-state index in [2.05, 4.69) is 10.2 Å². The van der Waals surface area contributed by atoms with Crippen molar-refractivity contribution in [1.29, 1.82) is 0 Å². The Kier molecular flexibility index (Phi) is 3.80. The summed E-state index contributed by atoms with van der Waals surface area (Å²) in [7, 11) is 0. The molecule has 3 rings (SSSR count). The predicted molar refractivity (Wildman–Crippen MR) is 77.8 cm³/mol. The monoisotopic (exact) mass is 306 g/mol. The Morgan fingerprint density at radius 3 is 2.65 bits per heavy atom. The van der Waals surface area contributed by atoms with Gasteiger partial charge >= 0.3 is 0 Å². The lowest BCUT2D eigenvalue weighted by atomic mass is 10.2. The number of benzene rings is 1. The van der Waals surface area contributed by atoms with Gasteiger partial charge < -0.3 is 8.83 Å². The van der Waals surface area contributed by atoms with Crippen molar-refractivity contribution < 1.29 is 8.83 Å². The van der Waals surface area contributed by atoms with Crippen LogP contribution in [0.1, 0.15) is 11.3 Å². The first kappa shape index (κ1) is 13.3. The van der Waals surface area contributed by atoms with Crippen molar-refractivity contribution in [2.45, 2.75) is 17.9 Å². The Balaban J connectivity index is 1.69. The summed E-state index contributed by atoms with van der Waals surface area (Å²) in [6.07, 6.45) is 1.61. The molecule has 0 saturated heterocycles. The van der Waals surface area contributed by atoms with Crippen molar-refractivity contribution in [3.63, 3.8) is 0 Å². The summed E-state index contributed by atoms with van der Waals surface area (Å²) in [6.45, 7) is 1.86. The molecule has 0 saturated carbocycles. The second kappa shape index (κ2) is 5.73. The van der Waals surface area contributed by atoms with Crippen molar-refractivity contribution in [1.82, 2.24) is 10.2 Å². The van der Waals surface area contributed by atoms with Gasteiger partial charge in [-0.25, -0.2) is 0 Å². The molecule has 0 aliphatic carbocycles. The molecule has 0 amide bonds. The van der Waals surface area contributed by atoms with Gasteiger partial charge in [-0.3, -0.25) is 0 Å². The van der Waals surface area contributed by atoms with Crippen LogP contribution < -0.4 is 0 Å². The van der Waals surface area contributed by atoms with E-state index in [1.807, 2.05) is 37.3 Å². The topological polar surface area (TPSA) is 52.1 Å². The minimum atomic E-state index is 0.481. The Bertz CT molecular complexity index is 706. The lowest BCUT2D eigenvalue weighted by Crippen LogP contribution is -1.79. The van der Waals surface area contributed by atoms with Crippen LogP contribution in [0.2, 0.25) is 5.02 Å². The maximum absolute atomic E-state index is 5.85. The van der Waals surface area contributed by atoms with Crippen molar-refractivity contribution in [3.8, 4) is 11.5 Å². The van der Waals surface area contributed by atoms with Crippen LogP contribution in [0.5, 0.6) is 0 Å². The Morgan fingerprint density at radius 2 is 1.95 bits per heavy atom. The van der Waals surface area contributed by atoms with E-state index in [9.17, 15) is 0 Å². The van der Waals surface area contributed by atoms with Gasteiger partial charge in [-0.05, 0) is 30.7 Å². The standard InChI is InChI=1S/C14H11ClN2O2S/c1-9-12(6-7-18-9)13-16-17-14(19-13)20-8-10-2-4-11(15)5-3-10/h2-7H,8H2,1H3. The summed E-state index contributed by atoms with van der Waals surface area (Å²) in [6, 6.07) is 9.51. The number of furan rings is 1. The average molecular weight is 307 g/mol. The third kappa shape index (κ3) is 2.89. The summed E-state index contributed by atoms with van der Waals surface area (Å²) < 4.78 is 10.8. The first-order valence-electron chi connectivity index (χ1n) is 5.97. The Labute approximate surface area is 125 Å². The Morgan fingerprint density at radius 1 is 1.15 bits per heavy atom. The van der Waals surface area contributed by atoms with Crippen LogP contribution in [0, 0.1) is 6.92 Å². The molecular formula is C14H11ClN2O2S. The first-order valence-corrected chi connectivity index (χ1v) is 7.34. The summed E-state index contributed by atoms with van der Waals surface area (Å²) in [5, 5.41) is 9.32. The SMILES string of the molecule is Cc1occc1-c1nnc(SCc2ccc(Cl)cc2)o1. The van der Waals surface area contributed by atoms with Gasteiger partial charge in [-0.1, -0.05) is 35.5 Å². The van der Waals surface area contributed by atoms with E-state index in [1.54, 1.807) is 6.26 Å². The van der Waals surface area contributed by atoms with Gasteiger partial charge in [-0.15, -0.1) is 10.2 Å². The zero-order chi connectivity index (χ0) is 13.9. The van der Waals surface area contributed by atoms with Crippen LogP contribution in [-0.2, 0) is 5.75 Å². The number of halogens is 1. The minimum absolute atomic E-state index is 0.481. The van der Waals surface area contributed by atoms with Crippen LogP contribution in [0.15, 0.2) is 50.7 Å². The van der Waals surface area contributed by atoms with E-state index in [0.717, 1.165) is 27.7 Å². The second-order valence-corrected chi connectivity index (χ2v) is 5.54. The van der Waals surface area contributed by atoms with E-state index in [1.165, 1.54) is 11.8 Å². The number of aromatic nitrogens is 2. The molecule has 0 spiro atoms. The van der Waals surface area contributed by atoms with Crippen LogP contribution in [0.4, 0.5) is 0 Å². The highest BCUT2D eigenvalue weighted by Crippen LogP contribution is 2.28. The van der Waals surface area contributed by atoms with Crippen molar-refractivity contribution in [2.24, 2.45) is 0 Å². The summed E-state index contributed by atoms with van der Waals surface area (Å²) in [5.74, 6) is 2.00. The minimum Gasteiger partial charge on any atom is -0.469 e. The fraction of sp³-hybridized carbons (Fsp3) is 0.143. The molecular weight excluding hydrogens is 296 g/mol. The maximum atomic E-state index is 5.85. The molecule has 2 heterocycles. The molecule has 102 valence electrons. The number of hydrogen-bond donors (Lipinski definition) is 0. The Hall–Kier alpha value is -1.72. The van der Waals surface area contributed by atoms with Gasteiger partial charge in [0, 0.05) is 10.8 Å². The molecule has 6 heteroatoms.